The van der Waals surface area contributed by atoms with Crippen LogP contribution >= 0.6 is 11.3 Å². The predicted octanol–water partition coefficient (Wildman–Crippen LogP) is 3.11. The molecule has 0 fully saturated rings. The van der Waals surface area contributed by atoms with Gasteiger partial charge in [0.1, 0.15) is 4.88 Å². The van der Waals surface area contributed by atoms with Gasteiger partial charge in [-0.15, -0.1) is 11.3 Å². The van der Waals surface area contributed by atoms with Gasteiger partial charge in [-0.05, 0) is 35.2 Å². The van der Waals surface area contributed by atoms with Crippen LogP contribution in [0.5, 0.6) is 0 Å². The first-order valence-electron chi connectivity index (χ1n) is 6.62. The van der Waals surface area contributed by atoms with Gasteiger partial charge in [0.2, 0.25) is 0 Å². The van der Waals surface area contributed by atoms with Gasteiger partial charge >= 0.3 is 5.97 Å². The van der Waals surface area contributed by atoms with Crippen molar-refractivity contribution in [1.82, 2.24) is 4.90 Å². The Balaban J connectivity index is 2.07. The van der Waals surface area contributed by atoms with Gasteiger partial charge in [0.15, 0.2) is 0 Å². The third-order valence-electron chi connectivity index (χ3n) is 3.81. The predicted molar refractivity (Wildman–Crippen MR) is 80.3 cm³/mol. The quantitative estimate of drug-likeness (QED) is 0.795. The number of methoxy groups -OCH3 is 1. The summed E-state index contributed by atoms with van der Waals surface area (Å²) in [4.78, 5) is 14.9. The molecule has 0 radical (unpaired) electrons. The van der Waals surface area contributed by atoms with Crippen molar-refractivity contribution in [2.24, 2.45) is 0 Å². The van der Waals surface area contributed by atoms with E-state index >= 15 is 0 Å². The average molecular weight is 287 g/mol. The Hall–Kier alpha value is -1.65. The molecule has 1 unspecified atom stereocenters. The summed E-state index contributed by atoms with van der Waals surface area (Å²) in [6.07, 6.45) is 0. The number of fused-ring (bicyclic) bond motifs is 1. The number of carbonyl (C=O) groups excluding carboxylic acids is 1. The number of ether oxygens (including phenoxy) is 1. The van der Waals surface area contributed by atoms with E-state index in [1.165, 1.54) is 29.6 Å². The van der Waals surface area contributed by atoms with Gasteiger partial charge in [0.25, 0.3) is 0 Å². The first kappa shape index (κ1) is 13.3. The Bertz CT molecular complexity index is 635. The molecule has 1 aliphatic rings. The highest BCUT2D eigenvalue weighted by Crippen LogP contribution is 2.36. The second-order valence-corrected chi connectivity index (χ2v) is 6.06. The standard InChI is InChI=1S/C16H17NO2S/c1-17-9-11-5-3-4-6-12(11)14(10-17)13-7-8-20-15(13)16(18)19-2/h3-8,14H,9-10H2,1-2H3. The number of hydrogen-bond acceptors (Lipinski definition) is 4. The average Bonchev–Trinajstić information content (AvgIpc) is 2.94. The molecule has 1 aromatic carbocycles. The van der Waals surface area contributed by atoms with E-state index in [0.29, 0.717) is 0 Å². The van der Waals surface area contributed by atoms with E-state index in [-0.39, 0.29) is 11.9 Å². The van der Waals surface area contributed by atoms with Crippen molar-refractivity contribution in [3.63, 3.8) is 0 Å². The van der Waals surface area contributed by atoms with Crippen molar-refractivity contribution in [3.05, 3.63) is 57.3 Å². The van der Waals surface area contributed by atoms with Crippen LogP contribution in [0, 0.1) is 0 Å². The van der Waals surface area contributed by atoms with Crippen LogP contribution in [0.4, 0.5) is 0 Å². The number of thiophene rings is 1. The first-order chi connectivity index (χ1) is 9.70. The Morgan fingerprint density at radius 2 is 2.10 bits per heavy atom. The molecule has 3 nitrogen and oxygen atoms in total. The number of nitrogens with zero attached hydrogens (tertiary/aromatic N) is 1. The minimum Gasteiger partial charge on any atom is -0.465 e. The number of likely N-dealkylation sites (N-methyl/N-ethyl adjacent to an activating group) is 1. The van der Waals surface area contributed by atoms with Gasteiger partial charge in [0.05, 0.1) is 7.11 Å². The highest BCUT2D eigenvalue weighted by atomic mass is 32.1. The largest absolute Gasteiger partial charge is 0.465 e. The number of rotatable bonds is 2. The second-order valence-electron chi connectivity index (χ2n) is 5.14. The summed E-state index contributed by atoms with van der Waals surface area (Å²) in [6.45, 7) is 1.89. The van der Waals surface area contributed by atoms with Gasteiger partial charge in [-0.1, -0.05) is 24.3 Å². The fourth-order valence-electron chi connectivity index (χ4n) is 2.90. The first-order valence-corrected chi connectivity index (χ1v) is 7.50. The number of carbonyl (C=O) groups is 1. The van der Waals surface area contributed by atoms with Crippen LogP contribution in [0.1, 0.15) is 32.3 Å². The molecular weight excluding hydrogens is 270 g/mol. The minimum atomic E-state index is -0.235. The molecule has 2 heterocycles. The van der Waals surface area contributed by atoms with E-state index < -0.39 is 0 Å². The van der Waals surface area contributed by atoms with Crippen LogP contribution in [0.2, 0.25) is 0 Å². The minimum absolute atomic E-state index is 0.235. The molecule has 1 aliphatic heterocycles. The Labute approximate surface area is 122 Å². The molecule has 4 heteroatoms. The van der Waals surface area contributed by atoms with Crippen molar-refractivity contribution < 1.29 is 9.53 Å². The van der Waals surface area contributed by atoms with Crippen LogP contribution in [-0.4, -0.2) is 31.6 Å². The number of esters is 1. The summed E-state index contributed by atoms with van der Waals surface area (Å²) >= 11 is 1.46. The highest BCUT2D eigenvalue weighted by Gasteiger charge is 2.28. The Kier molecular flexibility index (Phi) is 3.59. The molecule has 104 valence electrons. The molecule has 3 rings (SSSR count). The van der Waals surface area contributed by atoms with Gasteiger partial charge in [-0.2, -0.15) is 0 Å². The summed E-state index contributed by atoms with van der Waals surface area (Å²) in [5.74, 6) is 0.00556. The van der Waals surface area contributed by atoms with E-state index in [0.717, 1.165) is 23.5 Å². The van der Waals surface area contributed by atoms with Gasteiger partial charge in [0, 0.05) is 19.0 Å². The summed E-state index contributed by atoms with van der Waals surface area (Å²) in [5.41, 5.74) is 3.75. The number of hydrogen-bond donors (Lipinski definition) is 0. The van der Waals surface area contributed by atoms with Crippen LogP contribution in [-0.2, 0) is 11.3 Å². The molecule has 1 aromatic heterocycles. The molecule has 1 atom stereocenters. The van der Waals surface area contributed by atoms with E-state index in [4.69, 9.17) is 4.74 Å². The lowest BCUT2D eigenvalue weighted by Crippen LogP contribution is -2.31. The Morgan fingerprint density at radius 3 is 2.90 bits per heavy atom. The zero-order valence-electron chi connectivity index (χ0n) is 11.6. The maximum absolute atomic E-state index is 11.9. The summed E-state index contributed by atoms with van der Waals surface area (Å²) < 4.78 is 4.90. The van der Waals surface area contributed by atoms with Crippen LogP contribution in [0.15, 0.2) is 35.7 Å². The molecule has 0 bridgehead atoms. The van der Waals surface area contributed by atoms with Gasteiger partial charge in [-0.25, -0.2) is 4.79 Å². The summed E-state index contributed by atoms with van der Waals surface area (Å²) in [7, 11) is 3.56. The molecule has 0 amide bonds. The monoisotopic (exact) mass is 287 g/mol. The Morgan fingerprint density at radius 1 is 1.30 bits per heavy atom. The maximum atomic E-state index is 11.9. The maximum Gasteiger partial charge on any atom is 0.348 e. The van der Waals surface area contributed by atoms with E-state index in [9.17, 15) is 4.79 Å². The smallest absolute Gasteiger partial charge is 0.348 e. The van der Waals surface area contributed by atoms with E-state index in [1.54, 1.807) is 0 Å². The summed E-state index contributed by atoms with van der Waals surface area (Å²) in [6, 6.07) is 10.5. The molecule has 0 spiro atoms. The lowest BCUT2D eigenvalue weighted by molar-refractivity contribution is 0.0604. The fourth-order valence-corrected chi connectivity index (χ4v) is 3.78. The zero-order chi connectivity index (χ0) is 14.1. The van der Waals surface area contributed by atoms with Crippen molar-refractivity contribution in [2.45, 2.75) is 12.5 Å². The third kappa shape index (κ3) is 2.25. The van der Waals surface area contributed by atoms with Crippen LogP contribution < -0.4 is 0 Å². The van der Waals surface area contributed by atoms with Crippen molar-refractivity contribution in [3.8, 4) is 0 Å². The molecule has 0 N–H and O–H groups in total. The zero-order valence-corrected chi connectivity index (χ0v) is 12.4. The normalized spacial score (nSPS) is 18.6. The molecule has 2 aromatic rings. The summed E-state index contributed by atoms with van der Waals surface area (Å²) in [5, 5.41) is 1.97. The number of benzene rings is 1. The fraction of sp³-hybridized carbons (Fsp3) is 0.312. The lowest BCUT2D eigenvalue weighted by Gasteiger charge is -2.32. The van der Waals surface area contributed by atoms with Crippen molar-refractivity contribution in [1.29, 1.82) is 0 Å². The van der Waals surface area contributed by atoms with Crippen molar-refractivity contribution in [2.75, 3.05) is 20.7 Å². The highest BCUT2D eigenvalue weighted by molar-refractivity contribution is 7.12. The second kappa shape index (κ2) is 5.38. The van der Waals surface area contributed by atoms with E-state index in [1.807, 2.05) is 5.38 Å². The molecule has 20 heavy (non-hydrogen) atoms. The molecular formula is C16H17NO2S. The van der Waals surface area contributed by atoms with Crippen LogP contribution in [0.25, 0.3) is 0 Å². The lowest BCUT2D eigenvalue weighted by atomic mass is 9.85. The molecule has 0 aliphatic carbocycles. The van der Waals surface area contributed by atoms with Gasteiger partial charge in [-0.3, -0.25) is 0 Å². The third-order valence-corrected chi connectivity index (χ3v) is 4.72. The topological polar surface area (TPSA) is 29.5 Å². The van der Waals surface area contributed by atoms with Gasteiger partial charge < -0.3 is 9.64 Å². The molecule has 0 saturated carbocycles. The van der Waals surface area contributed by atoms with Crippen molar-refractivity contribution >= 4 is 17.3 Å². The molecule has 0 saturated heterocycles. The SMILES string of the molecule is COC(=O)c1sccc1C1CN(C)Cc2ccccc21. The van der Waals surface area contributed by atoms with E-state index in [2.05, 4.69) is 42.3 Å². The van der Waals surface area contributed by atoms with Crippen LogP contribution in [0.3, 0.4) is 0 Å².